The Hall–Kier alpha value is -1.20. The summed E-state index contributed by atoms with van der Waals surface area (Å²) in [7, 11) is 1.76. The van der Waals surface area contributed by atoms with Crippen molar-refractivity contribution >= 4 is 23.0 Å². The monoisotopic (exact) mass is 251 g/mol. The summed E-state index contributed by atoms with van der Waals surface area (Å²) < 4.78 is 5.53. The number of anilines is 1. The third-order valence-electron chi connectivity index (χ3n) is 3.29. The van der Waals surface area contributed by atoms with Crippen molar-refractivity contribution in [2.45, 2.75) is 24.9 Å². The summed E-state index contributed by atoms with van der Waals surface area (Å²) in [5, 5.41) is 3.28. The van der Waals surface area contributed by atoms with E-state index in [9.17, 15) is 0 Å². The van der Waals surface area contributed by atoms with Gasteiger partial charge in [-0.05, 0) is 31.4 Å². The molecular weight excluding hydrogens is 234 g/mol. The van der Waals surface area contributed by atoms with E-state index in [1.165, 1.54) is 6.42 Å². The molecule has 0 spiro atoms. The molecule has 3 N–H and O–H groups in total. The van der Waals surface area contributed by atoms with E-state index < -0.39 is 0 Å². The van der Waals surface area contributed by atoms with Gasteiger partial charge >= 0.3 is 0 Å². The third kappa shape index (κ3) is 2.73. The molecule has 0 saturated heterocycles. The van der Waals surface area contributed by atoms with Crippen LogP contribution in [0.1, 0.15) is 25.0 Å². The Labute approximate surface area is 107 Å². The van der Waals surface area contributed by atoms with Gasteiger partial charge in [-0.15, -0.1) is 0 Å². The summed E-state index contributed by atoms with van der Waals surface area (Å²) in [4.78, 5) is 4.65. The first-order valence-electron chi connectivity index (χ1n) is 5.71. The van der Waals surface area contributed by atoms with Gasteiger partial charge in [0.1, 0.15) is 10.8 Å². The highest BCUT2D eigenvalue weighted by Crippen LogP contribution is 2.34. The second-order valence-electron chi connectivity index (χ2n) is 4.37. The lowest BCUT2D eigenvalue weighted by Gasteiger charge is -2.40. The van der Waals surface area contributed by atoms with Gasteiger partial charge in [0.2, 0.25) is 0 Å². The Kier molecular flexibility index (Phi) is 3.59. The fourth-order valence-electron chi connectivity index (χ4n) is 1.95. The molecular formula is C12H17N3OS. The predicted molar refractivity (Wildman–Crippen MR) is 72.2 cm³/mol. The Morgan fingerprint density at radius 3 is 2.88 bits per heavy atom. The highest BCUT2D eigenvalue weighted by Gasteiger charge is 2.36. The van der Waals surface area contributed by atoms with Gasteiger partial charge in [-0.1, -0.05) is 18.3 Å². The maximum atomic E-state index is 5.54. The molecule has 1 aromatic rings. The highest BCUT2D eigenvalue weighted by atomic mass is 32.1. The van der Waals surface area contributed by atoms with Crippen LogP contribution >= 0.6 is 12.2 Å². The smallest absolute Gasteiger partial charge is 0.126 e. The number of ether oxygens (including phenoxy) is 1. The van der Waals surface area contributed by atoms with Crippen LogP contribution in [0.4, 0.5) is 5.82 Å². The Morgan fingerprint density at radius 1 is 1.59 bits per heavy atom. The van der Waals surface area contributed by atoms with Crippen LogP contribution in [0.5, 0.6) is 0 Å². The van der Waals surface area contributed by atoms with Gasteiger partial charge in [0.25, 0.3) is 0 Å². The minimum Gasteiger partial charge on any atom is -0.388 e. The zero-order valence-electron chi connectivity index (χ0n) is 9.90. The van der Waals surface area contributed by atoms with Crippen LogP contribution in [-0.4, -0.2) is 29.2 Å². The van der Waals surface area contributed by atoms with Crippen LogP contribution < -0.4 is 11.1 Å². The van der Waals surface area contributed by atoms with Gasteiger partial charge in [0, 0.05) is 13.7 Å². The van der Waals surface area contributed by atoms with Crippen LogP contribution in [0.15, 0.2) is 18.2 Å². The predicted octanol–water partition coefficient (Wildman–Crippen LogP) is 1.70. The van der Waals surface area contributed by atoms with Gasteiger partial charge in [-0.3, -0.25) is 0 Å². The van der Waals surface area contributed by atoms with Crippen LogP contribution in [0.3, 0.4) is 0 Å². The normalized spacial score (nSPS) is 17.2. The number of hydrogen-bond acceptors (Lipinski definition) is 4. The molecule has 1 heterocycles. The largest absolute Gasteiger partial charge is 0.388 e. The molecule has 17 heavy (non-hydrogen) atoms. The second kappa shape index (κ2) is 4.98. The van der Waals surface area contributed by atoms with Crippen LogP contribution in [0, 0.1) is 0 Å². The molecule has 0 radical (unpaired) electrons. The molecule has 1 aliphatic carbocycles. The summed E-state index contributed by atoms with van der Waals surface area (Å²) in [6.07, 6.45) is 3.44. The van der Waals surface area contributed by atoms with Crippen molar-refractivity contribution in [3.8, 4) is 0 Å². The maximum absolute atomic E-state index is 5.54. The highest BCUT2D eigenvalue weighted by molar-refractivity contribution is 7.80. The lowest BCUT2D eigenvalue weighted by Crippen LogP contribution is -2.45. The number of thiocarbonyl (C=S) groups is 1. The zero-order chi connectivity index (χ0) is 12.3. The minimum absolute atomic E-state index is 0.0130. The first kappa shape index (κ1) is 12.3. The molecule has 1 aromatic heterocycles. The Bertz CT molecular complexity index is 412. The summed E-state index contributed by atoms with van der Waals surface area (Å²) in [5.74, 6) is 0.790. The van der Waals surface area contributed by atoms with E-state index in [2.05, 4.69) is 10.3 Å². The standard InChI is InChI=1S/C12H17N3OS/c1-16-12(6-3-7-12)8-14-10-5-2-4-9(15-10)11(13)17/h2,4-5H,3,6-8H2,1H3,(H2,13,17)(H,14,15). The Balaban J connectivity index is 1.99. The molecule has 0 amide bonds. The molecule has 0 atom stereocenters. The third-order valence-corrected chi connectivity index (χ3v) is 3.50. The molecule has 5 heteroatoms. The number of methoxy groups -OCH3 is 1. The molecule has 1 saturated carbocycles. The van der Waals surface area contributed by atoms with Crippen LogP contribution in [0.2, 0.25) is 0 Å². The number of hydrogen-bond donors (Lipinski definition) is 2. The van der Waals surface area contributed by atoms with Crippen LogP contribution in [-0.2, 0) is 4.74 Å². The van der Waals surface area contributed by atoms with Gasteiger partial charge in [-0.2, -0.15) is 0 Å². The molecule has 1 aliphatic rings. The average molecular weight is 251 g/mol. The van der Waals surface area contributed by atoms with E-state index in [1.54, 1.807) is 7.11 Å². The number of nitrogens with one attached hydrogen (secondary N) is 1. The van der Waals surface area contributed by atoms with Crippen molar-refractivity contribution in [3.05, 3.63) is 23.9 Å². The number of nitrogens with zero attached hydrogens (tertiary/aromatic N) is 1. The average Bonchev–Trinajstić information content (AvgIpc) is 2.28. The zero-order valence-corrected chi connectivity index (χ0v) is 10.7. The number of aromatic nitrogens is 1. The van der Waals surface area contributed by atoms with Gasteiger partial charge in [0.15, 0.2) is 0 Å². The van der Waals surface area contributed by atoms with E-state index in [0.29, 0.717) is 10.7 Å². The molecule has 2 rings (SSSR count). The second-order valence-corrected chi connectivity index (χ2v) is 4.81. The molecule has 4 nitrogen and oxygen atoms in total. The maximum Gasteiger partial charge on any atom is 0.126 e. The molecule has 0 unspecified atom stereocenters. The van der Waals surface area contributed by atoms with Crippen molar-refractivity contribution in [2.24, 2.45) is 5.73 Å². The summed E-state index contributed by atoms with van der Waals surface area (Å²) >= 11 is 4.90. The van der Waals surface area contributed by atoms with E-state index in [-0.39, 0.29) is 5.60 Å². The van der Waals surface area contributed by atoms with Crippen molar-refractivity contribution < 1.29 is 4.74 Å². The first-order valence-corrected chi connectivity index (χ1v) is 6.12. The first-order chi connectivity index (χ1) is 8.15. The summed E-state index contributed by atoms with van der Waals surface area (Å²) in [6, 6.07) is 5.61. The summed E-state index contributed by atoms with van der Waals surface area (Å²) in [6.45, 7) is 0.775. The SMILES string of the molecule is COC1(CNc2cccc(C(N)=S)n2)CCC1. The fourth-order valence-corrected chi connectivity index (χ4v) is 2.06. The van der Waals surface area contributed by atoms with Gasteiger partial charge in [0.05, 0.1) is 11.3 Å². The minimum atomic E-state index is -0.0130. The molecule has 0 aliphatic heterocycles. The number of pyridine rings is 1. The number of rotatable bonds is 5. The van der Waals surface area contributed by atoms with E-state index in [1.807, 2.05) is 18.2 Å². The van der Waals surface area contributed by atoms with Crippen LogP contribution in [0.25, 0.3) is 0 Å². The molecule has 1 fully saturated rings. The lowest BCUT2D eigenvalue weighted by atomic mass is 9.80. The van der Waals surface area contributed by atoms with Crippen molar-refractivity contribution in [1.82, 2.24) is 4.98 Å². The van der Waals surface area contributed by atoms with Crippen molar-refractivity contribution in [3.63, 3.8) is 0 Å². The molecule has 0 bridgehead atoms. The van der Waals surface area contributed by atoms with Crippen molar-refractivity contribution in [2.75, 3.05) is 19.0 Å². The quantitative estimate of drug-likeness (QED) is 0.780. The van der Waals surface area contributed by atoms with E-state index in [0.717, 1.165) is 25.2 Å². The van der Waals surface area contributed by atoms with E-state index in [4.69, 9.17) is 22.7 Å². The topological polar surface area (TPSA) is 60.2 Å². The van der Waals surface area contributed by atoms with Gasteiger partial charge in [-0.25, -0.2) is 4.98 Å². The van der Waals surface area contributed by atoms with Crippen molar-refractivity contribution in [1.29, 1.82) is 0 Å². The molecule has 92 valence electrons. The lowest BCUT2D eigenvalue weighted by molar-refractivity contribution is -0.0601. The number of nitrogens with two attached hydrogens (primary N) is 1. The fraction of sp³-hybridized carbons (Fsp3) is 0.500. The summed E-state index contributed by atoms with van der Waals surface area (Å²) in [5.41, 5.74) is 6.18. The van der Waals surface area contributed by atoms with Gasteiger partial charge < -0.3 is 15.8 Å². The van der Waals surface area contributed by atoms with E-state index >= 15 is 0 Å². The molecule has 0 aromatic carbocycles. The Morgan fingerprint density at radius 2 is 2.35 bits per heavy atom.